The summed E-state index contributed by atoms with van der Waals surface area (Å²) < 4.78 is 2.88. The van der Waals surface area contributed by atoms with Crippen LogP contribution in [0.3, 0.4) is 0 Å². The maximum absolute atomic E-state index is 12.9. The van der Waals surface area contributed by atoms with E-state index >= 15 is 0 Å². The Labute approximate surface area is 159 Å². The first-order chi connectivity index (χ1) is 12.6. The van der Waals surface area contributed by atoms with Crippen LogP contribution < -0.4 is 5.32 Å². The predicted octanol–water partition coefficient (Wildman–Crippen LogP) is 4.18. The molecule has 1 atom stereocenters. The van der Waals surface area contributed by atoms with E-state index in [0.29, 0.717) is 5.69 Å². The summed E-state index contributed by atoms with van der Waals surface area (Å²) >= 11 is 3.45. The molecule has 0 saturated carbocycles. The average molecular weight is 409 g/mol. The molecular formula is C20H17BrN4O. The van der Waals surface area contributed by atoms with Crippen molar-refractivity contribution in [3.8, 4) is 0 Å². The Hall–Kier alpha value is -2.86. The van der Waals surface area contributed by atoms with Gasteiger partial charge >= 0.3 is 0 Å². The second-order valence-electron chi connectivity index (χ2n) is 6.13. The van der Waals surface area contributed by atoms with Gasteiger partial charge in [0.15, 0.2) is 0 Å². The highest BCUT2D eigenvalue weighted by molar-refractivity contribution is 9.10. The predicted molar refractivity (Wildman–Crippen MR) is 105 cm³/mol. The van der Waals surface area contributed by atoms with Crippen LogP contribution >= 0.6 is 15.9 Å². The number of nitrogens with one attached hydrogen (secondary N) is 2. The highest BCUT2D eigenvalue weighted by Gasteiger charge is 2.22. The van der Waals surface area contributed by atoms with Gasteiger partial charge in [0.1, 0.15) is 17.6 Å². The minimum absolute atomic E-state index is 0.172. The Morgan fingerprint density at radius 2 is 2.00 bits per heavy atom. The molecule has 4 aromatic rings. The van der Waals surface area contributed by atoms with E-state index in [-0.39, 0.29) is 11.9 Å². The van der Waals surface area contributed by atoms with E-state index < -0.39 is 0 Å². The second kappa shape index (κ2) is 6.80. The topological polar surface area (TPSA) is 62.7 Å². The molecule has 0 aliphatic heterocycles. The first-order valence-corrected chi connectivity index (χ1v) is 9.02. The summed E-state index contributed by atoms with van der Waals surface area (Å²) in [7, 11) is 1.92. The number of benzene rings is 2. The summed E-state index contributed by atoms with van der Waals surface area (Å²) in [5.41, 5.74) is 2.42. The van der Waals surface area contributed by atoms with Gasteiger partial charge in [0.2, 0.25) is 0 Å². The molecule has 0 radical (unpaired) electrons. The first kappa shape index (κ1) is 16.6. The van der Waals surface area contributed by atoms with Crippen LogP contribution in [0.25, 0.3) is 10.9 Å². The molecule has 5 nitrogen and oxygen atoms in total. The normalized spacial score (nSPS) is 12.2. The fourth-order valence-electron chi connectivity index (χ4n) is 3.03. The molecule has 0 aliphatic carbocycles. The number of carbonyl (C=O) groups excluding carboxylic acids is 1. The van der Waals surface area contributed by atoms with Crippen molar-refractivity contribution >= 4 is 32.7 Å². The van der Waals surface area contributed by atoms with Gasteiger partial charge in [-0.25, -0.2) is 4.98 Å². The summed E-state index contributed by atoms with van der Waals surface area (Å²) in [5, 5.41) is 4.10. The fourth-order valence-corrected chi connectivity index (χ4v) is 3.39. The maximum Gasteiger partial charge on any atom is 0.268 e. The van der Waals surface area contributed by atoms with Gasteiger partial charge in [-0.3, -0.25) is 4.79 Å². The third-order valence-electron chi connectivity index (χ3n) is 4.35. The Balaban J connectivity index is 1.68. The van der Waals surface area contributed by atoms with Gasteiger partial charge < -0.3 is 14.9 Å². The standard InChI is InChI=1S/C20H17BrN4O/c1-25-10-9-22-19(25)18(13-5-3-2-4-6-13)24-20(26)17-11-14-7-8-15(21)12-16(14)23-17/h2-12,18,23H,1H3,(H,24,26). The molecule has 4 rings (SSSR count). The molecule has 2 heterocycles. The summed E-state index contributed by atoms with van der Waals surface area (Å²) in [5.74, 6) is 0.609. The van der Waals surface area contributed by atoms with E-state index in [4.69, 9.17) is 0 Å². The zero-order valence-corrected chi connectivity index (χ0v) is 15.7. The highest BCUT2D eigenvalue weighted by atomic mass is 79.9. The van der Waals surface area contributed by atoms with Crippen molar-refractivity contribution in [1.82, 2.24) is 19.9 Å². The number of aromatic amines is 1. The molecule has 130 valence electrons. The zero-order chi connectivity index (χ0) is 18.1. The van der Waals surface area contributed by atoms with Crippen LogP contribution in [0.2, 0.25) is 0 Å². The summed E-state index contributed by atoms with van der Waals surface area (Å²) in [6.07, 6.45) is 3.61. The van der Waals surface area contributed by atoms with Crippen LogP contribution in [-0.4, -0.2) is 20.4 Å². The molecule has 0 fully saturated rings. The summed E-state index contributed by atoms with van der Waals surface area (Å²) in [6.45, 7) is 0. The van der Waals surface area contributed by atoms with Crippen molar-refractivity contribution in [2.75, 3.05) is 0 Å². The van der Waals surface area contributed by atoms with Crippen molar-refractivity contribution in [3.63, 3.8) is 0 Å². The van der Waals surface area contributed by atoms with Gasteiger partial charge in [-0.2, -0.15) is 0 Å². The van der Waals surface area contributed by atoms with E-state index in [1.807, 2.05) is 72.4 Å². The summed E-state index contributed by atoms with van der Waals surface area (Å²) in [6, 6.07) is 17.3. The molecule has 2 aromatic heterocycles. The molecule has 2 N–H and O–H groups in total. The SMILES string of the molecule is Cn1ccnc1C(NC(=O)c1cc2ccc(Br)cc2[nH]1)c1ccccc1. The molecule has 26 heavy (non-hydrogen) atoms. The van der Waals surface area contributed by atoms with Crippen molar-refractivity contribution in [1.29, 1.82) is 0 Å². The number of hydrogen-bond donors (Lipinski definition) is 2. The number of imidazole rings is 1. The Bertz CT molecular complexity index is 1070. The number of aromatic nitrogens is 3. The third-order valence-corrected chi connectivity index (χ3v) is 4.85. The molecule has 1 amide bonds. The minimum Gasteiger partial charge on any atom is -0.350 e. The van der Waals surface area contributed by atoms with Gasteiger partial charge in [0.05, 0.1) is 0 Å². The summed E-state index contributed by atoms with van der Waals surface area (Å²) in [4.78, 5) is 20.5. The average Bonchev–Trinajstić information content (AvgIpc) is 3.26. The van der Waals surface area contributed by atoms with Crippen molar-refractivity contribution in [2.24, 2.45) is 7.05 Å². The van der Waals surface area contributed by atoms with Crippen molar-refractivity contribution < 1.29 is 4.79 Å². The van der Waals surface area contributed by atoms with Crippen LogP contribution in [0.5, 0.6) is 0 Å². The molecule has 0 aliphatic rings. The number of carbonyl (C=O) groups is 1. The van der Waals surface area contributed by atoms with E-state index in [0.717, 1.165) is 26.8 Å². The largest absolute Gasteiger partial charge is 0.350 e. The van der Waals surface area contributed by atoms with E-state index in [1.54, 1.807) is 6.20 Å². The monoisotopic (exact) mass is 408 g/mol. The van der Waals surface area contributed by atoms with Gasteiger partial charge in [-0.05, 0) is 23.8 Å². The van der Waals surface area contributed by atoms with Crippen LogP contribution in [0, 0.1) is 0 Å². The van der Waals surface area contributed by atoms with E-state index in [1.165, 1.54) is 0 Å². The molecule has 6 heteroatoms. The van der Waals surface area contributed by atoms with Crippen LogP contribution in [0.1, 0.15) is 27.9 Å². The lowest BCUT2D eigenvalue weighted by Crippen LogP contribution is -2.31. The highest BCUT2D eigenvalue weighted by Crippen LogP contribution is 2.23. The quantitative estimate of drug-likeness (QED) is 0.531. The third kappa shape index (κ3) is 3.15. The Morgan fingerprint density at radius 3 is 2.73 bits per heavy atom. The molecule has 1 unspecified atom stereocenters. The van der Waals surface area contributed by atoms with Crippen LogP contribution in [-0.2, 0) is 7.05 Å². The van der Waals surface area contributed by atoms with E-state index in [2.05, 4.69) is 31.2 Å². The number of nitrogens with zero attached hydrogens (tertiary/aromatic N) is 2. The minimum atomic E-state index is -0.332. The second-order valence-corrected chi connectivity index (χ2v) is 7.04. The lowest BCUT2D eigenvalue weighted by atomic mass is 10.1. The molecule has 0 bridgehead atoms. The number of H-pyrrole nitrogens is 1. The fraction of sp³-hybridized carbons (Fsp3) is 0.100. The molecule has 0 saturated heterocycles. The Morgan fingerprint density at radius 1 is 1.19 bits per heavy atom. The van der Waals surface area contributed by atoms with Crippen LogP contribution in [0.4, 0.5) is 0 Å². The molecule has 2 aromatic carbocycles. The van der Waals surface area contributed by atoms with Gasteiger partial charge in [0, 0.05) is 34.8 Å². The Kier molecular flexibility index (Phi) is 4.34. The number of rotatable bonds is 4. The lowest BCUT2D eigenvalue weighted by Gasteiger charge is -2.18. The van der Waals surface area contributed by atoms with Crippen molar-refractivity contribution in [3.05, 3.63) is 88.5 Å². The van der Waals surface area contributed by atoms with Gasteiger partial charge in [-0.15, -0.1) is 0 Å². The molecule has 0 spiro atoms. The van der Waals surface area contributed by atoms with Crippen LogP contribution in [0.15, 0.2) is 71.5 Å². The molecular weight excluding hydrogens is 392 g/mol. The van der Waals surface area contributed by atoms with Gasteiger partial charge in [0.25, 0.3) is 5.91 Å². The van der Waals surface area contributed by atoms with Gasteiger partial charge in [-0.1, -0.05) is 52.3 Å². The zero-order valence-electron chi connectivity index (χ0n) is 14.1. The number of amides is 1. The van der Waals surface area contributed by atoms with E-state index in [9.17, 15) is 4.79 Å². The van der Waals surface area contributed by atoms with Crippen molar-refractivity contribution in [2.45, 2.75) is 6.04 Å². The lowest BCUT2D eigenvalue weighted by molar-refractivity contribution is 0.0937. The number of fused-ring (bicyclic) bond motifs is 1. The first-order valence-electron chi connectivity index (χ1n) is 8.23. The number of aryl methyl sites for hydroxylation is 1. The number of hydrogen-bond acceptors (Lipinski definition) is 2. The smallest absolute Gasteiger partial charge is 0.268 e. The maximum atomic E-state index is 12.9. The number of halogens is 1.